The van der Waals surface area contributed by atoms with E-state index >= 15 is 0 Å². The van der Waals surface area contributed by atoms with Crippen LogP contribution in [0.15, 0.2) is 59.6 Å². The lowest BCUT2D eigenvalue weighted by Crippen LogP contribution is -2.38. The number of carbonyl (C=O) groups is 1. The Balaban J connectivity index is 1.63. The van der Waals surface area contributed by atoms with Crippen LogP contribution in [0.25, 0.3) is 0 Å². The van der Waals surface area contributed by atoms with Crippen molar-refractivity contribution in [1.29, 1.82) is 0 Å². The monoisotopic (exact) mass is 442 g/mol. The summed E-state index contributed by atoms with van der Waals surface area (Å²) < 4.78 is 24.6. The molecule has 2 saturated heterocycles. The molecule has 5 nitrogen and oxygen atoms in total. The topological polar surface area (TPSA) is 66.8 Å². The average Bonchev–Trinajstić information content (AvgIpc) is 3.17. The van der Waals surface area contributed by atoms with Crippen LogP contribution < -0.4 is 4.90 Å². The Hall–Kier alpha value is -2.12. The lowest BCUT2D eigenvalue weighted by molar-refractivity contribution is -0.117. The maximum Gasteiger partial charge on any atom is 0.248 e. The Morgan fingerprint density at radius 1 is 1.10 bits per heavy atom. The molecular weight excluding hydrogens is 416 g/mol. The van der Waals surface area contributed by atoms with Crippen molar-refractivity contribution in [1.82, 2.24) is 0 Å². The van der Waals surface area contributed by atoms with E-state index in [1.165, 1.54) is 11.8 Å². The second-order valence-electron chi connectivity index (χ2n) is 8.16. The van der Waals surface area contributed by atoms with Crippen LogP contribution in [0.4, 0.5) is 5.69 Å². The van der Waals surface area contributed by atoms with Gasteiger partial charge in [0.2, 0.25) is 5.91 Å². The summed E-state index contributed by atoms with van der Waals surface area (Å²) in [7, 11) is -3.08. The van der Waals surface area contributed by atoms with Gasteiger partial charge >= 0.3 is 0 Å². The predicted octanol–water partition coefficient (Wildman–Crippen LogP) is 4.04. The van der Waals surface area contributed by atoms with Crippen molar-refractivity contribution < 1.29 is 13.2 Å². The van der Waals surface area contributed by atoms with Gasteiger partial charge in [0, 0.05) is 17.4 Å². The summed E-state index contributed by atoms with van der Waals surface area (Å²) in [5, 5.41) is 0.543. The first-order chi connectivity index (χ1) is 14.3. The lowest BCUT2D eigenvalue weighted by atomic mass is 9.99. The SMILES string of the molecule is CC(C)c1ccccc1N1C(=NC(=O)CCc2ccccc2)S[C@H]2CS(=O)(=O)C[C@H]21. The van der Waals surface area contributed by atoms with Gasteiger partial charge in [-0.3, -0.25) is 4.79 Å². The number of thioether (sulfide) groups is 1. The highest BCUT2D eigenvalue weighted by Gasteiger charge is 2.49. The predicted molar refractivity (Wildman–Crippen MR) is 124 cm³/mol. The third-order valence-electron chi connectivity index (χ3n) is 5.58. The van der Waals surface area contributed by atoms with Crippen LogP contribution in [0.1, 0.15) is 37.3 Å². The summed E-state index contributed by atoms with van der Waals surface area (Å²) in [6.07, 6.45) is 0.978. The van der Waals surface area contributed by atoms with Crippen LogP contribution in [0.5, 0.6) is 0 Å². The molecule has 0 spiro atoms. The van der Waals surface area contributed by atoms with Crippen molar-refractivity contribution in [3.63, 3.8) is 0 Å². The second-order valence-corrected chi connectivity index (χ2v) is 11.5. The number of aliphatic imine (C=N–C) groups is 1. The second kappa shape index (κ2) is 8.55. The van der Waals surface area contributed by atoms with Gasteiger partial charge in [0.15, 0.2) is 15.0 Å². The molecule has 2 aliphatic heterocycles. The molecule has 30 heavy (non-hydrogen) atoms. The molecule has 0 aromatic heterocycles. The van der Waals surface area contributed by atoms with Gasteiger partial charge in [0.05, 0.1) is 17.5 Å². The van der Waals surface area contributed by atoms with Gasteiger partial charge in [-0.05, 0) is 29.5 Å². The first-order valence-electron chi connectivity index (χ1n) is 10.2. The fourth-order valence-electron chi connectivity index (χ4n) is 4.10. The average molecular weight is 443 g/mol. The maximum atomic E-state index is 12.7. The van der Waals surface area contributed by atoms with E-state index in [0.717, 1.165) is 16.8 Å². The zero-order chi connectivity index (χ0) is 21.3. The molecule has 0 unspecified atom stereocenters. The highest BCUT2D eigenvalue weighted by Crippen LogP contribution is 2.43. The molecule has 4 rings (SSSR count). The van der Waals surface area contributed by atoms with Gasteiger partial charge in [-0.25, -0.2) is 8.42 Å². The Kier molecular flexibility index (Phi) is 6.02. The zero-order valence-electron chi connectivity index (χ0n) is 17.2. The molecule has 0 bridgehead atoms. The largest absolute Gasteiger partial charge is 0.315 e. The summed E-state index contributed by atoms with van der Waals surface area (Å²) in [5.41, 5.74) is 3.20. The van der Waals surface area contributed by atoms with Crippen LogP contribution in [0.3, 0.4) is 0 Å². The van der Waals surface area contributed by atoms with Crippen molar-refractivity contribution >= 4 is 38.4 Å². The number of para-hydroxylation sites is 1. The van der Waals surface area contributed by atoms with Crippen molar-refractivity contribution in [2.24, 2.45) is 4.99 Å². The molecule has 0 saturated carbocycles. The van der Waals surface area contributed by atoms with Crippen LogP contribution in [0.2, 0.25) is 0 Å². The molecule has 0 aliphatic carbocycles. The number of fused-ring (bicyclic) bond motifs is 1. The fourth-order valence-corrected chi connectivity index (χ4v) is 8.02. The summed E-state index contributed by atoms with van der Waals surface area (Å²) in [4.78, 5) is 19.1. The number of anilines is 1. The van der Waals surface area contributed by atoms with Crippen molar-refractivity contribution in [2.45, 2.75) is 43.9 Å². The minimum Gasteiger partial charge on any atom is -0.315 e. The molecule has 2 fully saturated rings. The van der Waals surface area contributed by atoms with Crippen molar-refractivity contribution in [3.05, 3.63) is 65.7 Å². The van der Waals surface area contributed by atoms with Crippen molar-refractivity contribution in [2.75, 3.05) is 16.4 Å². The van der Waals surface area contributed by atoms with Gasteiger partial charge in [-0.1, -0.05) is 74.1 Å². The number of nitrogens with zero attached hydrogens (tertiary/aromatic N) is 2. The number of benzene rings is 2. The Morgan fingerprint density at radius 2 is 1.80 bits per heavy atom. The molecule has 2 atom stereocenters. The van der Waals surface area contributed by atoms with E-state index in [-0.39, 0.29) is 34.6 Å². The first-order valence-corrected chi connectivity index (χ1v) is 12.9. The number of carbonyl (C=O) groups excluding carboxylic acids is 1. The van der Waals surface area contributed by atoms with Gasteiger partial charge in [0.1, 0.15) is 0 Å². The Morgan fingerprint density at radius 3 is 2.53 bits per heavy atom. The molecule has 158 valence electrons. The quantitative estimate of drug-likeness (QED) is 0.699. The van der Waals surface area contributed by atoms with Crippen LogP contribution in [-0.2, 0) is 21.1 Å². The molecule has 2 aromatic rings. The van der Waals surface area contributed by atoms with E-state index in [0.29, 0.717) is 18.0 Å². The third-order valence-corrected chi connectivity index (χ3v) is 8.79. The normalized spacial score (nSPS) is 23.8. The third kappa shape index (κ3) is 4.47. The van der Waals surface area contributed by atoms with E-state index < -0.39 is 9.84 Å². The number of amides is 1. The summed E-state index contributed by atoms with van der Waals surface area (Å²) in [6, 6.07) is 17.7. The number of hydrogen-bond donors (Lipinski definition) is 0. The Bertz CT molecular complexity index is 1060. The minimum atomic E-state index is -3.08. The smallest absolute Gasteiger partial charge is 0.248 e. The van der Waals surface area contributed by atoms with E-state index in [1.807, 2.05) is 53.4 Å². The molecule has 7 heteroatoms. The van der Waals surface area contributed by atoms with E-state index in [9.17, 15) is 13.2 Å². The highest BCUT2D eigenvalue weighted by molar-refractivity contribution is 8.16. The Labute approximate surface area is 182 Å². The number of aryl methyl sites for hydroxylation is 1. The number of amidine groups is 1. The molecule has 2 aliphatic rings. The number of hydrogen-bond acceptors (Lipinski definition) is 4. The van der Waals surface area contributed by atoms with Gasteiger partial charge in [-0.2, -0.15) is 4.99 Å². The fraction of sp³-hybridized carbons (Fsp3) is 0.391. The number of sulfone groups is 1. The minimum absolute atomic E-state index is 0.0871. The van der Waals surface area contributed by atoms with E-state index in [2.05, 4.69) is 24.9 Å². The van der Waals surface area contributed by atoms with E-state index in [4.69, 9.17) is 0 Å². The molecule has 0 radical (unpaired) electrons. The number of rotatable bonds is 5. The van der Waals surface area contributed by atoms with Crippen molar-refractivity contribution in [3.8, 4) is 0 Å². The molecular formula is C23H26N2O3S2. The highest BCUT2D eigenvalue weighted by atomic mass is 32.2. The van der Waals surface area contributed by atoms with Gasteiger partial charge < -0.3 is 4.90 Å². The van der Waals surface area contributed by atoms with Crippen LogP contribution in [0, 0.1) is 0 Å². The first kappa shape index (κ1) is 21.1. The zero-order valence-corrected chi connectivity index (χ0v) is 18.8. The maximum absolute atomic E-state index is 12.7. The van der Waals surface area contributed by atoms with Gasteiger partial charge in [-0.15, -0.1) is 0 Å². The van der Waals surface area contributed by atoms with E-state index in [1.54, 1.807) is 0 Å². The summed E-state index contributed by atoms with van der Waals surface area (Å²) in [5.74, 6) is 0.350. The van der Waals surface area contributed by atoms with Crippen LogP contribution >= 0.6 is 11.8 Å². The standard InChI is InChI=1S/C23H26N2O3S2/c1-16(2)18-10-6-7-11-19(18)25-20-14-30(27,28)15-21(20)29-23(25)24-22(26)13-12-17-8-4-3-5-9-17/h3-11,16,20-21H,12-15H2,1-2H3/t20-,21+/m1/s1. The summed E-state index contributed by atoms with van der Waals surface area (Å²) >= 11 is 1.43. The molecule has 1 amide bonds. The summed E-state index contributed by atoms with van der Waals surface area (Å²) in [6.45, 7) is 4.24. The molecule has 0 N–H and O–H groups in total. The molecule has 2 heterocycles. The van der Waals surface area contributed by atoms with Gasteiger partial charge in [0.25, 0.3) is 0 Å². The van der Waals surface area contributed by atoms with Crippen LogP contribution in [-0.4, -0.2) is 42.3 Å². The lowest BCUT2D eigenvalue weighted by Gasteiger charge is -2.28. The molecule has 2 aromatic carbocycles.